The molecule has 0 spiro atoms. The van der Waals surface area contributed by atoms with Crippen LogP contribution in [0.15, 0.2) is 17.5 Å². The number of aromatic amines is 1. The second-order valence-corrected chi connectivity index (χ2v) is 5.50. The molecule has 1 aliphatic carbocycles. The fourth-order valence-corrected chi connectivity index (χ4v) is 3.29. The van der Waals surface area contributed by atoms with E-state index < -0.39 is 0 Å². The first-order valence-electron chi connectivity index (χ1n) is 6.04. The van der Waals surface area contributed by atoms with Crippen molar-refractivity contribution in [1.82, 2.24) is 15.2 Å². The van der Waals surface area contributed by atoms with Gasteiger partial charge in [0.05, 0.1) is 4.88 Å². The fourth-order valence-electron chi connectivity index (χ4n) is 2.64. The van der Waals surface area contributed by atoms with E-state index in [2.05, 4.69) is 15.2 Å². The smallest absolute Gasteiger partial charge is 0.191 e. The molecule has 0 aliphatic heterocycles. The van der Waals surface area contributed by atoms with E-state index in [9.17, 15) is 0 Å². The standard InChI is InChI=1S/C12H16N4S/c13-7-8-3-1-4-9(8)11-14-12(16-15-11)10-5-2-6-17-10/h2,5-6,8-9H,1,3-4,7,13H2,(H,14,15,16). The van der Waals surface area contributed by atoms with Crippen LogP contribution in [0.5, 0.6) is 0 Å². The summed E-state index contributed by atoms with van der Waals surface area (Å²) in [5.41, 5.74) is 5.80. The summed E-state index contributed by atoms with van der Waals surface area (Å²) in [6, 6.07) is 4.07. The highest BCUT2D eigenvalue weighted by molar-refractivity contribution is 7.13. The third-order valence-corrected chi connectivity index (χ3v) is 4.42. The van der Waals surface area contributed by atoms with E-state index >= 15 is 0 Å². The van der Waals surface area contributed by atoms with Crippen molar-refractivity contribution in [1.29, 1.82) is 0 Å². The normalized spacial score (nSPS) is 24.3. The van der Waals surface area contributed by atoms with Crippen molar-refractivity contribution in [2.75, 3.05) is 6.54 Å². The van der Waals surface area contributed by atoms with E-state index in [1.807, 2.05) is 17.5 Å². The van der Waals surface area contributed by atoms with Gasteiger partial charge in [-0.1, -0.05) is 12.5 Å². The molecule has 3 N–H and O–H groups in total. The van der Waals surface area contributed by atoms with Crippen molar-refractivity contribution in [3.63, 3.8) is 0 Å². The zero-order chi connectivity index (χ0) is 11.7. The Morgan fingerprint density at radius 1 is 1.47 bits per heavy atom. The van der Waals surface area contributed by atoms with Crippen LogP contribution in [-0.4, -0.2) is 21.7 Å². The van der Waals surface area contributed by atoms with Crippen molar-refractivity contribution in [3.05, 3.63) is 23.3 Å². The second kappa shape index (κ2) is 4.58. The lowest BCUT2D eigenvalue weighted by Crippen LogP contribution is -2.18. The Hall–Kier alpha value is -1.20. The maximum absolute atomic E-state index is 5.80. The molecule has 90 valence electrons. The minimum atomic E-state index is 0.473. The van der Waals surface area contributed by atoms with Gasteiger partial charge < -0.3 is 5.73 Å². The van der Waals surface area contributed by atoms with Crippen LogP contribution in [0.25, 0.3) is 10.7 Å². The largest absolute Gasteiger partial charge is 0.330 e. The van der Waals surface area contributed by atoms with E-state index in [4.69, 9.17) is 5.73 Å². The molecule has 4 nitrogen and oxygen atoms in total. The van der Waals surface area contributed by atoms with Crippen LogP contribution < -0.4 is 5.73 Å². The first-order valence-corrected chi connectivity index (χ1v) is 6.92. The summed E-state index contributed by atoms with van der Waals surface area (Å²) in [4.78, 5) is 5.74. The number of aromatic nitrogens is 3. The van der Waals surface area contributed by atoms with Crippen LogP contribution in [0.3, 0.4) is 0 Å². The predicted octanol–water partition coefficient (Wildman–Crippen LogP) is 2.38. The van der Waals surface area contributed by atoms with Gasteiger partial charge in [-0.15, -0.1) is 11.3 Å². The van der Waals surface area contributed by atoms with Gasteiger partial charge in [-0.3, -0.25) is 5.10 Å². The molecule has 0 radical (unpaired) electrons. The van der Waals surface area contributed by atoms with Gasteiger partial charge in [-0.25, -0.2) is 4.98 Å². The lowest BCUT2D eigenvalue weighted by Gasteiger charge is -2.14. The maximum Gasteiger partial charge on any atom is 0.191 e. The molecule has 17 heavy (non-hydrogen) atoms. The van der Waals surface area contributed by atoms with Gasteiger partial charge in [0.15, 0.2) is 5.82 Å². The monoisotopic (exact) mass is 248 g/mol. The molecule has 2 unspecified atom stereocenters. The van der Waals surface area contributed by atoms with Crippen LogP contribution in [0, 0.1) is 5.92 Å². The number of H-pyrrole nitrogens is 1. The van der Waals surface area contributed by atoms with Crippen LogP contribution in [0.4, 0.5) is 0 Å². The topological polar surface area (TPSA) is 67.6 Å². The minimum Gasteiger partial charge on any atom is -0.330 e. The summed E-state index contributed by atoms with van der Waals surface area (Å²) < 4.78 is 0. The summed E-state index contributed by atoms with van der Waals surface area (Å²) in [7, 11) is 0. The number of nitrogens with one attached hydrogen (secondary N) is 1. The molecule has 1 saturated carbocycles. The summed E-state index contributed by atoms with van der Waals surface area (Å²) in [5.74, 6) is 2.87. The fraction of sp³-hybridized carbons (Fsp3) is 0.500. The Kier molecular flexibility index (Phi) is 2.94. The Labute approximate surface area is 104 Å². The molecule has 0 bridgehead atoms. The Morgan fingerprint density at radius 3 is 3.18 bits per heavy atom. The van der Waals surface area contributed by atoms with Gasteiger partial charge in [-0.2, -0.15) is 5.10 Å². The minimum absolute atomic E-state index is 0.473. The quantitative estimate of drug-likeness (QED) is 0.876. The molecular weight excluding hydrogens is 232 g/mol. The highest BCUT2D eigenvalue weighted by atomic mass is 32.1. The number of rotatable bonds is 3. The zero-order valence-electron chi connectivity index (χ0n) is 9.60. The number of hydrogen-bond donors (Lipinski definition) is 2. The summed E-state index contributed by atoms with van der Waals surface area (Å²) in [6.45, 7) is 0.750. The van der Waals surface area contributed by atoms with Gasteiger partial charge in [0, 0.05) is 5.92 Å². The molecule has 0 saturated heterocycles. The van der Waals surface area contributed by atoms with Crippen LogP contribution in [0.2, 0.25) is 0 Å². The summed E-state index contributed by atoms with van der Waals surface area (Å²) in [6.07, 6.45) is 3.65. The van der Waals surface area contributed by atoms with Crippen LogP contribution >= 0.6 is 11.3 Å². The third-order valence-electron chi connectivity index (χ3n) is 3.56. The molecule has 2 heterocycles. The van der Waals surface area contributed by atoms with Gasteiger partial charge >= 0.3 is 0 Å². The van der Waals surface area contributed by atoms with Crippen molar-refractivity contribution in [3.8, 4) is 10.7 Å². The van der Waals surface area contributed by atoms with E-state index in [1.165, 1.54) is 19.3 Å². The number of thiophene rings is 1. The molecule has 1 aliphatic rings. The van der Waals surface area contributed by atoms with E-state index in [0.717, 1.165) is 23.1 Å². The Morgan fingerprint density at radius 2 is 2.41 bits per heavy atom. The lowest BCUT2D eigenvalue weighted by atomic mass is 9.96. The zero-order valence-corrected chi connectivity index (χ0v) is 10.4. The number of nitrogens with two attached hydrogens (primary N) is 1. The van der Waals surface area contributed by atoms with Gasteiger partial charge in [-0.05, 0) is 36.8 Å². The highest BCUT2D eigenvalue weighted by Gasteiger charge is 2.30. The van der Waals surface area contributed by atoms with E-state index in [-0.39, 0.29) is 0 Å². The molecule has 1 fully saturated rings. The molecule has 0 amide bonds. The van der Waals surface area contributed by atoms with Gasteiger partial charge in [0.25, 0.3) is 0 Å². The van der Waals surface area contributed by atoms with E-state index in [1.54, 1.807) is 11.3 Å². The van der Waals surface area contributed by atoms with E-state index in [0.29, 0.717) is 11.8 Å². The molecule has 5 heteroatoms. The van der Waals surface area contributed by atoms with Crippen molar-refractivity contribution >= 4 is 11.3 Å². The van der Waals surface area contributed by atoms with Crippen molar-refractivity contribution in [2.45, 2.75) is 25.2 Å². The molecule has 3 rings (SSSR count). The van der Waals surface area contributed by atoms with Crippen LogP contribution in [0.1, 0.15) is 31.0 Å². The lowest BCUT2D eigenvalue weighted by molar-refractivity contribution is 0.478. The first-order chi connectivity index (χ1) is 8.38. The highest BCUT2D eigenvalue weighted by Crippen LogP contribution is 2.37. The van der Waals surface area contributed by atoms with Crippen molar-refractivity contribution in [2.24, 2.45) is 11.7 Å². The third kappa shape index (κ3) is 2.00. The number of nitrogens with zero attached hydrogens (tertiary/aromatic N) is 2. The summed E-state index contributed by atoms with van der Waals surface area (Å²) in [5, 5.41) is 9.44. The van der Waals surface area contributed by atoms with Gasteiger partial charge in [0.2, 0.25) is 0 Å². The van der Waals surface area contributed by atoms with Gasteiger partial charge in [0.1, 0.15) is 5.82 Å². The Bertz CT molecular complexity index is 476. The van der Waals surface area contributed by atoms with Crippen LogP contribution in [-0.2, 0) is 0 Å². The molecule has 2 atom stereocenters. The maximum atomic E-state index is 5.80. The summed E-state index contributed by atoms with van der Waals surface area (Å²) >= 11 is 1.67. The first kappa shape index (κ1) is 10.9. The Balaban J connectivity index is 1.85. The molecule has 2 aromatic heterocycles. The molecule has 0 aromatic carbocycles. The number of hydrogen-bond acceptors (Lipinski definition) is 4. The second-order valence-electron chi connectivity index (χ2n) is 4.55. The average Bonchev–Trinajstić information content (AvgIpc) is 3.09. The molecular formula is C12H16N4S. The average molecular weight is 248 g/mol. The predicted molar refractivity (Wildman–Crippen MR) is 68.8 cm³/mol. The van der Waals surface area contributed by atoms with Crippen molar-refractivity contribution < 1.29 is 0 Å². The SMILES string of the molecule is NCC1CCCC1c1nc(-c2cccs2)n[nH]1. The molecule has 2 aromatic rings.